The Morgan fingerprint density at radius 1 is 1.29 bits per heavy atom. The first-order chi connectivity index (χ1) is 9.87. The minimum absolute atomic E-state index is 0.209. The maximum absolute atomic E-state index is 12.7. The number of aliphatic carboxylic acids is 1. The minimum atomic E-state index is -1.21. The van der Waals surface area contributed by atoms with Crippen molar-refractivity contribution in [3.63, 3.8) is 0 Å². The average Bonchev–Trinajstić information content (AvgIpc) is 2.46. The molecule has 5 nitrogen and oxygen atoms in total. The molecule has 1 aliphatic heterocycles. The van der Waals surface area contributed by atoms with Crippen LogP contribution in [-0.4, -0.2) is 45.5 Å². The Bertz CT molecular complexity index is 554. The van der Waals surface area contributed by atoms with Gasteiger partial charge in [0.15, 0.2) is 0 Å². The zero-order chi connectivity index (χ0) is 15.6. The molecule has 0 radical (unpaired) electrons. The quantitative estimate of drug-likeness (QED) is 0.929. The number of likely N-dealkylation sites (N-methyl/N-ethyl adjacent to an activating group) is 1. The monoisotopic (exact) mass is 290 g/mol. The smallest absolute Gasteiger partial charge is 0.329 e. The van der Waals surface area contributed by atoms with Crippen molar-refractivity contribution in [2.75, 3.05) is 13.1 Å². The number of urea groups is 1. The van der Waals surface area contributed by atoms with Crippen LogP contribution in [0.1, 0.15) is 31.9 Å². The second-order valence-electron chi connectivity index (χ2n) is 5.83. The minimum Gasteiger partial charge on any atom is -0.480 e. The highest BCUT2D eigenvalue weighted by molar-refractivity contribution is 5.85. The van der Waals surface area contributed by atoms with E-state index in [-0.39, 0.29) is 6.03 Å². The fourth-order valence-corrected chi connectivity index (χ4v) is 2.71. The van der Waals surface area contributed by atoms with Gasteiger partial charge in [0.1, 0.15) is 5.54 Å². The van der Waals surface area contributed by atoms with E-state index in [1.807, 2.05) is 18.2 Å². The van der Waals surface area contributed by atoms with Crippen LogP contribution in [0, 0.1) is 0 Å². The molecule has 0 spiro atoms. The standard InChI is InChI=1S/C16H22N2O3/c1-4-18(16(2,3)14(19)20)15(21)17-10-9-12-7-5-6-8-13(12)11-17/h5-8H,4,9-11H2,1-3H3,(H,19,20). The van der Waals surface area contributed by atoms with Crippen LogP contribution >= 0.6 is 0 Å². The lowest BCUT2D eigenvalue weighted by atomic mass is 9.99. The Balaban J connectivity index is 2.19. The molecular formula is C16H22N2O3. The summed E-state index contributed by atoms with van der Waals surface area (Å²) in [6.45, 7) is 6.48. The van der Waals surface area contributed by atoms with Crippen molar-refractivity contribution in [2.45, 2.75) is 39.3 Å². The van der Waals surface area contributed by atoms with E-state index < -0.39 is 11.5 Å². The van der Waals surface area contributed by atoms with Crippen LogP contribution < -0.4 is 0 Å². The van der Waals surface area contributed by atoms with Gasteiger partial charge in [0.25, 0.3) is 0 Å². The van der Waals surface area contributed by atoms with Crippen LogP contribution in [0.5, 0.6) is 0 Å². The van der Waals surface area contributed by atoms with Gasteiger partial charge in [-0.05, 0) is 38.3 Å². The first-order valence-electron chi connectivity index (χ1n) is 7.24. The van der Waals surface area contributed by atoms with E-state index in [1.165, 1.54) is 10.5 Å². The van der Waals surface area contributed by atoms with E-state index in [1.54, 1.807) is 25.7 Å². The molecule has 21 heavy (non-hydrogen) atoms. The molecule has 0 fully saturated rings. The largest absolute Gasteiger partial charge is 0.480 e. The highest BCUT2D eigenvalue weighted by Crippen LogP contribution is 2.23. The lowest BCUT2D eigenvalue weighted by Crippen LogP contribution is -2.57. The summed E-state index contributed by atoms with van der Waals surface area (Å²) in [4.78, 5) is 27.2. The summed E-state index contributed by atoms with van der Waals surface area (Å²) in [5.41, 5.74) is 1.20. The Morgan fingerprint density at radius 3 is 2.48 bits per heavy atom. The Hall–Kier alpha value is -2.04. The molecule has 5 heteroatoms. The maximum atomic E-state index is 12.7. The fraction of sp³-hybridized carbons (Fsp3) is 0.500. The van der Waals surface area contributed by atoms with Gasteiger partial charge in [-0.15, -0.1) is 0 Å². The molecule has 0 saturated carbocycles. The van der Waals surface area contributed by atoms with Crippen LogP contribution in [0.3, 0.4) is 0 Å². The third kappa shape index (κ3) is 2.86. The van der Waals surface area contributed by atoms with Crippen LogP contribution in [0.25, 0.3) is 0 Å². The molecule has 0 bridgehead atoms. The third-order valence-corrected chi connectivity index (χ3v) is 4.15. The molecule has 0 aromatic heterocycles. The number of hydrogen-bond acceptors (Lipinski definition) is 2. The van der Waals surface area contributed by atoms with Gasteiger partial charge < -0.3 is 14.9 Å². The number of fused-ring (bicyclic) bond motifs is 1. The average molecular weight is 290 g/mol. The molecule has 114 valence electrons. The predicted molar refractivity (Wildman–Crippen MR) is 80.0 cm³/mol. The van der Waals surface area contributed by atoms with Crippen LogP contribution in [0.15, 0.2) is 24.3 Å². The Labute approximate surface area is 125 Å². The maximum Gasteiger partial charge on any atom is 0.329 e. The molecule has 2 amide bonds. The van der Waals surface area contributed by atoms with Crippen molar-refractivity contribution in [2.24, 2.45) is 0 Å². The van der Waals surface area contributed by atoms with Gasteiger partial charge in [-0.1, -0.05) is 24.3 Å². The van der Waals surface area contributed by atoms with E-state index in [9.17, 15) is 14.7 Å². The zero-order valence-corrected chi connectivity index (χ0v) is 12.8. The van der Waals surface area contributed by atoms with E-state index in [0.717, 1.165) is 12.0 Å². The summed E-state index contributed by atoms with van der Waals surface area (Å²) in [7, 11) is 0. The summed E-state index contributed by atoms with van der Waals surface area (Å²) in [5.74, 6) is -0.991. The second kappa shape index (κ2) is 5.76. The van der Waals surface area contributed by atoms with Crippen molar-refractivity contribution >= 4 is 12.0 Å². The lowest BCUT2D eigenvalue weighted by Gasteiger charge is -2.39. The molecule has 1 aliphatic rings. The lowest BCUT2D eigenvalue weighted by molar-refractivity contribution is -0.147. The first-order valence-corrected chi connectivity index (χ1v) is 7.24. The molecule has 0 aliphatic carbocycles. The van der Waals surface area contributed by atoms with Gasteiger partial charge in [0.2, 0.25) is 0 Å². The van der Waals surface area contributed by atoms with Crippen LogP contribution in [-0.2, 0) is 17.8 Å². The summed E-state index contributed by atoms with van der Waals surface area (Å²) in [5, 5.41) is 9.34. The Morgan fingerprint density at radius 2 is 1.90 bits per heavy atom. The molecule has 0 unspecified atom stereocenters. The predicted octanol–water partition coefficient (Wildman–Crippen LogP) is 2.35. The van der Waals surface area contributed by atoms with Crippen molar-refractivity contribution in [3.8, 4) is 0 Å². The number of nitrogens with zero attached hydrogens (tertiary/aromatic N) is 2. The number of amides is 2. The molecule has 2 rings (SSSR count). The number of carboxylic acid groups (broad SMARTS) is 1. The number of carbonyl (C=O) groups excluding carboxylic acids is 1. The topological polar surface area (TPSA) is 60.9 Å². The molecule has 0 atom stereocenters. The third-order valence-electron chi connectivity index (χ3n) is 4.15. The zero-order valence-electron chi connectivity index (χ0n) is 12.8. The number of benzene rings is 1. The molecular weight excluding hydrogens is 268 g/mol. The highest BCUT2D eigenvalue weighted by atomic mass is 16.4. The number of hydrogen-bond donors (Lipinski definition) is 1. The van der Waals surface area contributed by atoms with Gasteiger partial charge in [-0.25, -0.2) is 9.59 Å². The van der Waals surface area contributed by atoms with Crippen LogP contribution in [0.2, 0.25) is 0 Å². The summed E-state index contributed by atoms with van der Waals surface area (Å²) in [6, 6.07) is 7.86. The summed E-state index contributed by atoms with van der Waals surface area (Å²) >= 11 is 0. The van der Waals surface area contributed by atoms with Crippen molar-refractivity contribution < 1.29 is 14.7 Å². The molecule has 1 aromatic rings. The van der Waals surface area contributed by atoms with E-state index in [2.05, 4.69) is 6.07 Å². The van der Waals surface area contributed by atoms with Gasteiger partial charge >= 0.3 is 12.0 Å². The molecule has 0 saturated heterocycles. The second-order valence-corrected chi connectivity index (χ2v) is 5.83. The summed E-state index contributed by atoms with van der Waals surface area (Å²) < 4.78 is 0. The van der Waals surface area contributed by atoms with E-state index in [4.69, 9.17) is 0 Å². The molecule has 1 N–H and O–H groups in total. The number of carboxylic acids is 1. The van der Waals surface area contributed by atoms with Crippen molar-refractivity contribution in [1.82, 2.24) is 9.80 Å². The van der Waals surface area contributed by atoms with Gasteiger partial charge in [-0.2, -0.15) is 0 Å². The first kappa shape index (κ1) is 15.4. The van der Waals surface area contributed by atoms with Gasteiger partial charge in [0.05, 0.1) is 0 Å². The van der Waals surface area contributed by atoms with Crippen molar-refractivity contribution in [3.05, 3.63) is 35.4 Å². The van der Waals surface area contributed by atoms with Gasteiger partial charge in [-0.3, -0.25) is 0 Å². The number of rotatable bonds is 3. The fourth-order valence-electron chi connectivity index (χ4n) is 2.71. The van der Waals surface area contributed by atoms with Crippen LogP contribution in [0.4, 0.5) is 4.79 Å². The normalized spacial score (nSPS) is 14.5. The molecule has 1 aromatic carbocycles. The summed E-state index contributed by atoms with van der Waals surface area (Å²) in [6.07, 6.45) is 0.812. The van der Waals surface area contributed by atoms with E-state index in [0.29, 0.717) is 19.6 Å². The number of carbonyl (C=O) groups is 2. The highest BCUT2D eigenvalue weighted by Gasteiger charge is 2.39. The van der Waals surface area contributed by atoms with E-state index >= 15 is 0 Å². The SMILES string of the molecule is CCN(C(=O)N1CCc2ccccc2C1)C(C)(C)C(=O)O. The Kier molecular flexibility index (Phi) is 4.21. The van der Waals surface area contributed by atoms with Gasteiger partial charge in [0, 0.05) is 19.6 Å². The van der Waals surface area contributed by atoms with Crippen molar-refractivity contribution in [1.29, 1.82) is 0 Å². The molecule has 1 heterocycles.